The van der Waals surface area contributed by atoms with E-state index in [-0.39, 0.29) is 16.2 Å². The Morgan fingerprint density at radius 2 is 1.69 bits per heavy atom. The van der Waals surface area contributed by atoms with Crippen molar-refractivity contribution in [2.75, 3.05) is 13.1 Å². The quantitative estimate of drug-likeness (QED) is 0.605. The van der Waals surface area contributed by atoms with Gasteiger partial charge >= 0.3 is 5.97 Å². The smallest absolute Gasteiger partial charge is 0.343 e. The summed E-state index contributed by atoms with van der Waals surface area (Å²) in [6.45, 7) is 3.11. The van der Waals surface area contributed by atoms with Gasteiger partial charge in [-0.3, -0.25) is 0 Å². The van der Waals surface area contributed by atoms with Crippen LogP contribution in [0.3, 0.4) is 0 Å². The number of halogens is 1. The molecule has 2 aromatic carbocycles. The molecule has 0 spiro atoms. The summed E-state index contributed by atoms with van der Waals surface area (Å²) in [6.07, 6.45) is 1.68. The molecule has 1 saturated heterocycles. The van der Waals surface area contributed by atoms with Crippen LogP contribution in [0.25, 0.3) is 0 Å². The van der Waals surface area contributed by atoms with E-state index in [0.717, 1.165) is 12.8 Å². The molecule has 1 aliphatic rings. The Morgan fingerprint density at radius 3 is 2.31 bits per heavy atom. The maximum absolute atomic E-state index is 13.6. The highest BCUT2D eigenvalue weighted by atomic mass is 32.2. The number of benzene rings is 2. The predicted octanol–water partition coefficient (Wildman–Crippen LogP) is 3.47. The van der Waals surface area contributed by atoms with Crippen molar-refractivity contribution in [2.24, 2.45) is 5.92 Å². The Morgan fingerprint density at radius 1 is 1.08 bits per heavy atom. The Balaban J connectivity index is 1.74. The van der Waals surface area contributed by atoms with Crippen molar-refractivity contribution in [3.63, 3.8) is 0 Å². The SMILES string of the molecule is CC1CCN(S(=O)(=O)c2ccc(C(=O)Oc3ccccc3F)cc2)CC1. The summed E-state index contributed by atoms with van der Waals surface area (Å²) < 4.78 is 45.4. The van der Waals surface area contributed by atoms with E-state index in [1.807, 2.05) is 0 Å². The summed E-state index contributed by atoms with van der Waals surface area (Å²) in [4.78, 5) is 12.3. The summed E-state index contributed by atoms with van der Waals surface area (Å²) in [7, 11) is -3.57. The number of esters is 1. The molecule has 0 aliphatic carbocycles. The van der Waals surface area contributed by atoms with Gasteiger partial charge in [-0.2, -0.15) is 4.31 Å². The lowest BCUT2D eigenvalue weighted by molar-refractivity contribution is 0.0727. The van der Waals surface area contributed by atoms with Gasteiger partial charge in [-0.1, -0.05) is 19.1 Å². The van der Waals surface area contributed by atoms with Crippen LogP contribution >= 0.6 is 0 Å². The second-order valence-electron chi connectivity index (χ2n) is 6.43. The number of hydrogen-bond donors (Lipinski definition) is 0. The van der Waals surface area contributed by atoms with Crippen LogP contribution in [-0.2, 0) is 10.0 Å². The van der Waals surface area contributed by atoms with E-state index in [4.69, 9.17) is 4.74 Å². The third kappa shape index (κ3) is 3.94. The van der Waals surface area contributed by atoms with E-state index in [2.05, 4.69) is 6.92 Å². The van der Waals surface area contributed by atoms with Crippen LogP contribution in [0.5, 0.6) is 5.75 Å². The van der Waals surface area contributed by atoms with Gasteiger partial charge in [0.15, 0.2) is 11.6 Å². The first-order chi connectivity index (χ1) is 12.4. The van der Waals surface area contributed by atoms with Crippen LogP contribution in [0, 0.1) is 11.7 Å². The fourth-order valence-corrected chi connectivity index (χ4v) is 4.29. The Bertz CT molecular complexity index is 888. The fraction of sp³-hybridized carbons (Fsp3) is 0.316. The molecule has 7 heteroatoms. The molecule has 0 unspecified atom stereocenters. The van der Waals surface area contributed by atoms with Gasteiger partial charge in [0.2, 0.25) is 10.0 Å². The molecular formula is C19H20FNO4S. The number of carbonyl (C=O) groups excluding carboxylic acids is 1. The molecule has 1 heterocycles. The maximum Gasteiger partial charge on any atom is 0.343 e. The first-order valence-electron chi connectivity index (χ1n) is 8.45. The first-order valence-corrected chi connectivity index (χ1v) is 9.89. The minimum atomic E-state index is -3.57. The van der Waals surface area contributed by atoms with Gasteiger partial charge < -0.3 is 4.74 Å². The monoisotopic (exact) mass is 377 g/mol. The van der Waals surface area contributed by atoms with E-state index < -0.39 is 21.8 Å². The van der Waals surface area contributed by atoms with Gasteiger partial charge in [0.05, 0.1) is 10.5 Å². The van der Waals surface area contributed by atoms with Crippen LogP contribution in [0.2, 0.25) is 0 Å². The van der Waals surface area contributed by atoms with E-state index in [1.165, 1.54) is 46.8 Å². The van der Waals surface area contributed by atoms with Crippen molar-refractivity contribution in [1.82, 2.24) is 4.31 Å². The lowest BCUT2D eigenvalue weighted by atomic mass is 10.0. The molecule has 0 bridgehead atoms. The lowest BCUT2D eigenvalue weighted by Gasteiger charge is -2.29. The molecule has 138 valence electrons. The van der Waals surface area contributed by atoms with Crippen LogP contribution in [0.4, 0.5) is 4.39 Å². The van der Waals surface area contributed by atoms with Crippen molar-refractivity contribution in [2.45, 2.75) is 24.7 Å². The van der Waals surface area contributed by atoms with Gasteiger partial charge in [0.25, 0.3) is 0 Å². The summed E-state index contributed by atoms with van der Waals surface area (Å²) in [5.74, 6) is -1.03. The second-order valence-corrected chi connectivity index (χ2v) is 8.37. The maximum atomic E-state index is 13.6. The second kappa shape index (κ2) is 7.55. The first kappa shape index (κ1) is 18.5. The van der Waals surface area contributed by atoms with Crippen molar-refractivity contribution in [3.8, 4) is 5.75 Å². The zero-order valence-corrected chi connectivity index (χ0v) is 15.2. The highest BCUT2D eigenvalue weighted by Gasteiger charge is 2.28. The van der Waals surface area contributed by atoms with Crippen molar-refractivity contribution in [1.29, 1.82) is 0 Å². The van der Waals surface area contributed by atoms with Crippen molar-refractivity contribution < 1.29 is 22.3 Å². The Labute approximate surface area is 152 Å². The third-order valence-corrected chi connectivity index (χ3v) is 6.42. The van der Waals surface area contributed by atoms with E-state index in [1.54, 1.807) is 6.07 Å². The molecular weight excluding hydrogens is 357 g/mol. The number of hydrogen-bond acceptors (Lipinski definition) is 4. The molecule has 0 atom stereocenters. The molecule has 0 amide bonds. The summed E-state index contributed by atoms with van der Waals surface area (Å²) >= 11 is 0. The highest BCUT2D eigenvalue weighted by Crippen LogP contribution is 2.24. The normalized spacial score (nSPS) is 16.4. The fourth-order valence-electron chi connectivity index (χ4n) is 2.82. The number of piperidine rings is 1. The zero-order chi connectivity index (χ0) is 18.7. The third-order valence-electron chi connectivity index (χ3n) is 4.51. The van der Waals surface area contributed by atoms with Crippen LogP contribution in [-0.4, -0.2) is 31.8 Å². The minimum Gasteiger partial charge on any atom is -0.420 e. The van der Waals surface area contributed by atoms with Gasteiger partial charge in [0, 0.05) is 13.1 Å². The number of sulfonamides is 1. The molecule has 0 radical (unpaired) electrons. The van der Waals surface area contributed by atoms with Gasteiger partial charge in [-0.05, 0) is 55.2 Å². The van der Waals surface area contributed by atoms with Crippen LogP contribution in [0.15, 0.2) is 53.4 Å². The van der Waals surface area contributed by atoms with E-state index in [9.17, 15) is 17.6 Å². The average Bonchev–Trinajstić information content (AvgIpc) is 2.64. The molecule has 0 saturated carbocycles. The molecule has 0 aromatic heterocycles. The molecule has 2 aromatic rings. The number of ether oxygens (including phenoxy) is 1. The van der Waals surface area contributed by atoms with Crippen LogP contribution in [0.1, 0.15) is 30.1 Å². The Hall–Kier alpha value is -2.25. The highest BCUT2D eigenvalue weighted by molar-refractivity contribution is 7.89. The van der Waals surface area contributed by atoms with Gasteiger partial charge in [-0.25, -0.2) is 17.6 Å². The Kier molecular flexibility index (Phi) is 5.38. The van der Waals surface area contributed by atoms with Gasteiger partial charge in [-0.15, -0.1) is 0 Å². The summed E-state index contributed by atoms with van der Waals surface area (Å²) in [5, 5.41) is 0. The standard InChI is InChI=1S/C19H20FNO4S/c1-14-10-12-21(13-11-14)26(23,24)16-8-6-15(7-9-16)19(22)25-18-5-3-2-4-17(18)20/h2-9,14H,10-13H2,1H3. The molecule has 0 N–H and O–H groups in total. The number of nitrogens with zero attached hydrogens (tertiary/aromatic N) is 1. The van der Waals surface area contributed by atoms with Gasteiger partial charge in [0.1, 0.15) is 0 Å². The summed E-state index contributed by atoms with van der Waals surface area (Å²) in [5.41, 5.74) is 0.152. The number of carbonyl (C=O) groups is 1. The number of para-hydroxylation sites is 1. The average molecular weight is 377 g/mol. The topological polar surface area (TPSA) is 63.7 Å². The molecule has 1 fully saturated rings. The largest absolute Gasteiger partial charge is 0.420 e. The minimum absolute atomic E-state index is 0.134. The van der Waals surface area contributed by atoms with E-state index in [0.29, 0.717) is 19.0 Å². The van der Waals surface area contributed by atoms with Crippen molar-refractivity contribution >= 4 is 16.0 Å². The zero-order valence-electron chi connectivity index (χ0n) is 14.4. The molecule has 1 aliphatic heterocycles. The lowest BCUT2D eigenvalue weighted by Crippen LogP contribution is -2.37. The van der Waals surface area contributed by atoms with E-state index >= 15 is 0 Å². The number of rotatable bonds is 4. The molecule has 3 rings (SSSR count). The predicted molar refractivity (Wildman–Crippen MR) is 95.0 cm³/mol. The van der Waals surface area contributed by atoms with Crippen LogP contribution < -0.4 is 4.74 Å². The molecule has 5 nitrogen and oxygen atoms in total. The summed E-state index contributed by atoms with van der Waals surface area (Å²) in [6, 6.07) is 11.1. The van der Waals surface area contributed by atoms with Crippen molar-refractivity contribution in [3.05, 3.63) is 59.9 Å². The molecule has 26 heavy (non-hydrogen) atoms.